The number of fused-ring (bicyclic) bond motifs is 2. The monoisotopic (exact) mass is 378 g/mol. The Kier molecular flexibility index (Phi) is 4.76. The third kappa shape index (κ3) is 3.60. The fourth-order valence-electron chi connectivity index (χ4n) is 4.20. The molecule has 2 amide bonds. The van der Waals surface area contributed by atoms with Crippen LogP contribution in [0.25, 0.3) is 0 Å². The minimum atomic E-state index is -0.596. The molecular formula is C18H23BrN2O2. The highest BCUT2D eigenvalue weighted by molar-refractivity contribution is 9.10. The molecule has 2 aliphatic carbocycles. The second-order valence-electron chi connectivity index (χ2n) is 7.02. The van der Waals surface area contributed by atoms with E-state index in [4.69, 9.17) is 0 Å². The molecule has 124 valence electrons. The molecule has 0 saturated heterocycles. The Morgan fingerprint density at radius 1 is 1.22 bits per heavy atom. The van der Waals surface area contributed by atoms with E-state index in [1.54, 1.807) is 6.07 Å². The first kappa shape index (κ1) is 16.5. The van der Waals surface area contributed by atoms with E-state index in [1.165, 1.54) is 25.7 Å². The number of anilines is 1. The minimum Gasteiger partial charge on any atom is -0.345 e. The van der Waals surface area contributed by atoms with Gasteiger partial charge in [0, 0.05) is 16.2 Å². The first-order chi connectivity index (χ1) is 10.9. The highest BCUT2D eigenvalue weighted by Gasteiger charge is 2.42. The van der Waals surface area contributed by atoms with Crippen LogP contribution in [0, 0.1) is 24.7 Å². The van der Waals surface area contributed by atoms with Crippen molar-refractivity contribution in [3.05, 3.63) is 28.2 Å². The molecule has 3 rings (SSSR count). The van der Waals surface area contributed by atoms with Crippen LogP contribution in [0.15, 0.2) is 22.7 Å². The molecule has 1 aromatic carbocycles. The van der Waals surface area contributed by atoms with Crippen molar-refractivity contribution in [1.29, 1.82) is 0 Å². The molecule has 5 heteroatoms. The molecule has 0 heterocycles. The zero-order valence-corrected chi connectivity index (χ0v) is 15.2. The number of aryl methyl sites for hydroxylation is 1. The van der Waals surface area contributed by atoms with Gasteiger partial charge in [-0.05, 0) is 74.6 Å². The van der Waals surface area contributed by atoms with Crippen molar-refractivity contribution in [2.24, 2.45) is 17.8 Å². The molecular weight excluding hydrogens is 356 g/mol. The second kappa shape index (κ2) is 6.63. The Morgan fingerprint density at radius 2 is 2.00 bits per heavy atom. The van der Waals surface area contributed by atoms with E-state index in [-0.39, 0.29) is 6.04 Å². The summed E-state index contributed by atoms with van der Waals surface area (Å²) in [5.41, 5.74) is 1.65. The van der Waals surface area contributed by atoms with Gasteiger partial charge in [-0.1, -0.05) is 22.4 Å². The van der Waals surface area contributed by atoms with Crippen LogP contribution in [0.2, 0.25) is 0 Å². The lowest BCUT2D eigenvalue weighted by Gasteiger charge is -2.28. The molecule has 4 unspecified atom stereocenters. The molecule has 2 bridgehead atoms. The van der Waals surface area contributed by atoms with E-state index < -0.39 is 11.8 Å². The molecule has 1 aromatic rings. The maximum atomic E-state index is 12.1. The van der Waals surface area contributed by atoms with Gasteiger partial charge in [-0.2, -0.15) is 0 Å². The van der Waals surface area contributed by atoms with Crippen LogP contribution < -0.4 is 10.6 Å². The molecule has 23 heavy (non-hydrogen) atoms. The first-order valence-corrected chi connectivity index (χ1v) is 9.11. The number of hydrogen-bond donors (Lipinski definition) is 2. The van der Waals surface area contributed by atoms with Gasteiger partial charge in [0.2, 0.25) is 0 Å². The summed E-state index contributed by atoms with van der Waals surface area (Å²) in [5.74, 6) is 0.958. The lowest BCUT2D eigenvalue weighted by molar-refractivity contribution is -0.136. The molecule has 4 nitrogen and oxygen atoms in total. The van der Waals surface area contributed by atoms with Gasteiger partial charge in [0.25, 0.3) is 0 Å². The van der Waals surface area contributed by atoms with E-state index in [1.807, 2.05) is 26.0 Å². The quantitative estimate of drug-likeness (QED) is 0.788. The summed E-state index contributed by atoms with van der Waals surface area (Å²) in [6.07, 6.45) is 5.11. The molecule has 0 spiro atoms. The van der Waals surface area contributed by atoms with E-state index >= 15 is 0 Å². The van der Waals surface area contributed by atoms with Crippen molar-refractivity contribution in [3.63, 3.8) is 0 Å². The smallest absolute Gasteiger partial charge is 0.313 e. The molecule has 2 saturated carbocycles. The standard InChI is InChI=1S/C18H23BrN2O2/c1-10-7-14(5-6-16(10)19)21-18(23)17(22)20-11(2)15-9-12-3-4-13(15)8-12/h5-7,11-13,15H,3-4,8-9H2,1-2H3,(H,20,22)(H,21,23). The third-order valence-corrected chi connectivity index (χ3v) is 6.31. The van der Waals surface area contributed by atoms with Crippen molar-refractivity contribution in [2.45, 2.75) is 45.6 Å². The molecule has 2 N–H and O–H groups in total. The number of halogens is 1. The van der Waals surface area contributed by atoms with Crippen molar-refractivity contribution in [2.75, 3.05) is 5.32 Å². The average Bonchev–Trinajstić information content (AvgIpc) is 3.13. The van der Waals surface area contributed by atoms with Crippen molar-refractivity contribution < 1.29 is 9.59 Å². The number of amides is 2. The van der Waals surface area contributed by atoms with Crippen molar-refractivity contribution in [1.82, 2.24) is 5.32 Å². The van der Waals surface area contributed by atoms with E-state index in [2.05, 4.69) is 26.6 Å². The molecule has 0 aliphatic heterocycles. The maximum absolute atomic E-state index is 12.1. The zero-order valence-electron chi connectivity index (χ0n) is 13.6. The number of benzene rings is 1. The van der Waals surface area contributed by atoms with Gasteiger partial charge in [0.05, 0.1) is 0 Å². The van der Waals surface area contributed by atoms with Crippen molar-refractivity contribution in [3.8, 4) is 0 Å². The van der Waals surface area contributed by atoms with Gasteiger partial charge >= 0.3 is 11.8 Å². The Morgan fingerprint density at radius 3 is 2.61 bits per heavy atom. The Hall–Kier alpha value is -1.36. The van der Waals surface area contributed by atoms with Crippen LogP contribution in [-0.2, 0) is 9.59 Å². The van der Waals surface area contributed by atoms with Gasteiger partial charge < -0.3 is 10.6 Å². The van der Waals surface area contributed by atoms with Crippen LogP contribution in [0.4, 0.5) is 5.69 Å². The van der Waals surface area contributed by atoms with Gasteiger partial charge in [-0.25, -0.2) is 0 Å². The highest BCUT2D eigenvalue weighted by Crippen LogP contribution is 2.49. The molecule has 0 radical (unpaired) electrons. The normalized spacial score (nSPS) is 26.8. The lowest BCUT2D eigenvalue weighted by atomic mass is 9.84. The number of carbonyl (C=O) groups is 2. The summed E-state index contributed by atoms with van der Waals surface area (Å²) < 4.78 is 0.977. The van der Waals surface area contributed by atoms with Crippen LogP contribution in [0.1, 0.15) is 38.2 Å². The summed E-state index contributed by atoms with van der Waals surface area (Å²) in [4.78, 5) is 24.2. The van der Waals surface area contributed by atoms with E-state index in [9.17, 15) is 9.59 Å². The fourth-order valence-corrected chi connectivity index (χ4v) is 4.44. The van der Waals surface area contributed by atoms with Gasteiger partial charge in [0.1, 0.15) is 0 Å². The summed E-state index contributed by atoms with van der Waals surface area (Å²) in [7, 11) is 0. The third-order valence-electron chi connectivity index (χ3n) is 5.42. The van der Waals surface area contributed by atoms with Crippen LogP contribution in [-0.4, -0.2) is 17.9 Å². The largest absolute Gasteiger partial charge is 0.345 e. The van der Waals surface area contributed by atoms with Gasteiger partial charge in [0.15, 0.2) is 0 Å². The zero-order chi connectivity index (χ0) is 16.6. The SMILES string of the molecule is Cc1cc(NC(=O)C(=O)NC(C)C2CC3CCC2C3)ccc1Br. The maximum Gasteiger partial charge on any atom is 0.313 e. The Bertz CT molecular complexity index is 631. The number of rotatable bonds is 3. The summed E-state index contributed by atoms with van der Waals surface area (Å²) in [5, 5.41) is 5.56. The number of nitrogens with one attached hydrogen (secondary N) is 2. The Balaban J connectivity index is 1.55. The van der Waals surface area contributed by atoms with Crippen LogP contribution >= 0.6 is 15.9 Å². The summed E-state index contributed by atoms with van der Waals surface area (Å²) in [6, 6.07) is 5.55. The lowest BCUT2D eigenvalue weighted by Crippen LogP contribution is -2.45. The molecule has 4 atom stereocenters. The van der Waals surface area contributed by atoms with E-state index in [0.717, 1.165) is 21.9 Å². The molecule has 2 fully saturated rings. The second-order valence-corrected chi connectivity index (χ2v) is 7.87. The fraction of sp³-hybridized carbons (Fsp3) is 0.556. The summed E-state index contributed by atoms with van der Waals surface area (Å²) >= 11 is 3.42. The van der Waals surface area contributed by atoms with Crippen molar-refractivity contribution >= 4 is 33.4 Å². The number of carbonyl (C=O) groups excluding carboxylic acids is 2. The van der Waals surface area contributed by atoms with Gasteiger partial charge in [-0.3, -0.25) is 9.59 Å². The minimum absolute atomic E-state index is 0.0650. The topological polar surface area (TPSA) is 58.2 Å². The summed E-state index contributed by atoms with van der Waals surface area (Å²) in [6.45, 7) is 3.97. The van der Waals surface area contributed by atoms with Crippen LogP contribution in [0.3, 0.4) is 0 Å². The number of hydrogen-bond acceptors (Lipinski definition) is 2. The van der Waals surface area contributed by atoms with Gasteiger partial charge in [-0.15, -0.1) is 0 Å². The Labute approximate surface area is 145 Å². The average molecular weight is 379 g/mol. The predicted octanol–water partition coefficient (Wildman–Crippen LogP) is 3.64. The highest BCUT2D eigenvalue weighted by atomic mass is 79.9. The molecule has 0 aromatic heterocycles. The molecule has 2 aliphatic rings. The predicted molar refractivity (Wildman–Crippen MR) is 94.1 cm³/mol. The first-order valence-electron chi connectivity index (χ1n) is 8.32. The van der Waals surface area contributed by atoms with Crippen LogP contribution in [0.5, 0.6) is 0 Å². The van der Waals surface area contributed by atoms with E-state index in [0.29, 0.717) is 11.6 Å².